The van der Waals surface area contributed by atoms with Crippen molar-refractivity contribution in [3.05, 3.63) is 64.7 Å². The van der Waals surface area contributed by atoms with E-state index in [1.54, 1.807) is 30.3 Å². The van der Waals surface area contributed by atoms with Gasteiger partial charge in [0, 0.05) is 34.2 Å². The first-order chi connectivity index (χ1) is 14.2. The van der Waals surface area contributed by atoms with Crippen LogP contribution < -0.4 is 10.2 Å². The summed E-state index contributed by atoms with van der Waals surface area (Å²) >= 11 is 13.3. The highest BCUT2D eigenvalue weighted by atomic mass is 35.5. The van der Waals surface area contributed by atoms with Gasteiger partial charge in [0.15, 0.2) is 0 Å². The molecule has 1 heterocycles. The minimum Gasteiger partial charge on any atom is -0.478 e. The molecule has 0 saturated carbocycles. The minimum absolute atomic E-state index is 0.00964. The summed E-state index contributed by atoms with van der Waals surface area (Å²) in [5.74, 6) is -2.63. The van der Waals surface area contributed by atoms with Gasteiger partial charge in [-0.05, 0) is 36.4 Å². The monoisotopic (exact) mass is 464 g/mol. The summed E-state index contributed by atoms with van der Waals surface area (Å²) in [4.78, 5) is 49.2. The summed E-state index contributed by atoms with van der Waals surface area (Å²) in [6.45, 7) is 0. The Morgan fingerprint density at radius 3 is 2.63 bits per heavy atom. The maximum absolute atomic E-state index is 12.8. The largest absolute Gasteiger partial charge is 0.478 e. The minimum atomic E-state index is -1.23. The third-order valence-corrected chi connectivity index (χ3v) is 5.75. The Labute approximate surface area is 185 Å². The van der Waals surface area contributed by atoms with Gasteiger partial charge in [0.1, 0.15) is 0 Å². The number of thioether (sulfide) groups is 1. The number of amides is 3. The van der Waals surface area contributed by atoms with Crippen LogP contribution in [0, 0.1) is 0 Å². The number of nitrogens with zero attached hydrogens (tertiary/aromatic N) is 1. The average molecular weight is 465 g/mol. The highest BCUT2D eigenvalue weighted by molar-refractivity contribution is 8.00. The number of imide groups is 1. The fourth-order valence-electron chi connectivity index (χ4n) is 2.75. The Hall–Kier alpha value is -2.81. The van der Waals surface area contributed by atoms with Gasteiger partial charge in [0.2, 0.25) is 17.7 Å². The van der Waals surface area contributed by atoms with Gasteiger partial charge in [-0.25, -0.2) is 9.69 Å². The molecule has 3 amide bonds. The molecular weight excluding hydrogens is 451 g/mol. The van der Waals surface area contributed by atoms with E-state index >= 15 is 0 Å². The zero-order valence-electron chi connectivity index (χ0n) is 15.2. The standard InChI is InChI=1S/C20H14Cl2N2O5S/c21-11-4-5-14(22)15(8-11)24-18(26)10-16(20(24)29)30-13-3-1-2-12(9-13)23-17(25)6-7-19(27)28/h1-9,16H,10H2,(H,23,25)(H,27,28). The lowest BCUT2D eigenvalue weighted by Gasteiger charge is -2.16. The van der Waals surface area contributed by atoms with Crippen molar-refractivity contribution in [1.82, 2.24) is 0 Å². The number of rotatable bonds is 6. The average Bonchev–Trinajstić information content (AvgIpc) is 2.95. The van der Waals surface area contributed by atoms with E-state index in [4.69, 9.17) is 28.3 Å². The highest BCUT2D eigenvalue weighted by Crippen LogP contribution is 2.38. The molecule has 1 fully saturated rings. The highest BCUT2D eigenvalue weighted by Gasteiger charge is 2.41. The number of anilines is 2. The van der Waals surface area contributed by atoms with E-state index in [2.05, 4.69) is 5.32 Å². The number of benzene rings is 2. The molecule has 30 heavy (non-hydrogen) atoms. The summed E-state index contributed by atoms with van der Waals surface area (Å²) in [6.07, 6.45) is 1.62. The molecule has 2 aromatic carbocycles. The number of nitrogens with one attached hydrogen (secondary N) is 1. The van der Waals surface area contributed by atoms with E-state index < -0.39 is 23.0 Å². The third kappa shape index (κ3) is 5.21. The fourth-order valence-corrected chi connectivity index (χ4v) is 4.23. The van der Waals surface area contributed by atoms with Gasteiger partial charge in [-0.15, -0.1) is 11.8 Å². The first-order valence-corrected chi connectivity index (χ1v) is 10.2. The Bertz CT molecular complexity index is 1070. The number of halogens is 2. The molecule has 7 nitrogen and oxygen atoms in total. The van der Waals surface area contributed by atoms with Crippen molar-refractivity contribution >= 4 is 70.0 Å². The quantitative estimate of drug-likeness (QED) is 0.494. The van der Waals surface area contributed by atoms with Crippen LogP contribution in [0.2, 0.25) is 10.0 Å². The molecule has 0 radical (unpaired) electrons. The predicted octanol–water partition coefficient (Wildman–Crippen LogP) is 4.00. The lowest BCUT2D eigenvalue weighted by molar-refractivity contribution is -0.131. The van der Waals surface area contributed by atoms with Crippen LogP contribution in [0.1, 0.15) is 6.42 Å². The molecule has 0 aromatic heterocycles. The van der Waals surface area contributed by atoms with Crippen molar-refractivity contribution in [3.63, 3.8) is 0 Å². The lowest BCUT2D eigenvalue weighted by atomic mass is 10.3. The second-order valence-electron chi connectivity index (χ2n) is 6.16. The Balaban J connectivity index is 1.73. The Morgan fingerprint density at radius 1 is 1.13 bits per heavy atom. The van der Waals surface area contributed by atoms with E-state index in [1.807, 2.05) is 0 Å². The topological polar surface area (TPSA) is 104 Å². The summed E-state index contributed by atoms with van der Waals surface area (Å²) < 4.78 is 0. The molecule has 1 saturated heterocycles. The van der Waals surface area contributed by atoms with Gasteiger partial charge < -0.3 is 10.4 Å². The van der Waals surface area contributed by atoms with Crippen molar-refractivity contribution in [2.24, 2.45) is 0 Å². The van der Waals surface area contributed by atoms with Gasteiger partial charge in [0.05, 0.1) is 16.0 Å². The van der Waals surface area contributed by atoms with Gasteiger partial charge >= 0.3 is 5.97 Å². The zero-order valence-corrected chi connectivity index (χ0v) is 17.5. The molecule has 1 aliphatic heterocycles. The van der Waals surface area contributed by atoms with Gasteiger partial charge in [-0.1, -0.05) is 29.3 Å². The maximum Gasteiger partial charge on any atom is 0.328 e. The Kier molecular flexibility index (Phi) is 6.81. The first kappa shape index (κ1) is 21.9. The van der Waals surface area contributed by atoms with Gasteiger partial charge in [0.25, 0.3) is 0 Å². The third-order valence-electron chi connectivity index (χ3n) is 4.01. The molecule has 0 spiro atoms. The van der Waals surface area contributed by atoms with Crippen molar-refractivity contribution < 1.29 is 24.3 Å². The van der Waals surface area contributed by atoms with E-state index in [-0.39, 0.29) is 23.0 Å². The smallest absolute Gasteiger partial charge is 0.328 e. The van der Waals surface area contributed by atoms with Crippen LogP contribution in [0.4, 0.5) is 11.4 Å². The summed E-state index contributed by atoms with van der Waals surface area (Å²) in [5.41, 5.74) is 0.667. The van der Waals surface area contributed by atoms with Crippen molar-refractivity contribution in [2.45, 2.75) is 16.6 Å². The number of hydrogen-bond donors (Lipinski definition) is 2. The lowest BCUT2D eigenvalue weighted by Crippen LogP contribution is -2.31. The predicted molar refractivity (Wildman–Crippen MR) is 115 cm³/mol. The summed E-state index contributed by atoms with van der Waals surface area (Å²) in [7, 11) is 0. The SMILES string of the molecule is O=C(O)C=CC(=O)Nc1cccc(SC2CC(=O)N(c3cc(Cl)ccc3Cl)C2=O)c1. The van der Waals surface area contributed by atoms with E-state index in [0.717, 1.165) is 17.1 Å². The van der Waals surface area contributed by atoms with Crippen LogP contribution in [-0.4, -0.2) is 34.0 Å². The molecule has 3 rings (SSSR count). The second-order valence-corrected chi connectivity index (χ2v) is 8.28. The van der Waals surface area contributed by atoms with Crippen molar-refractivity contribution in [3.8, 4) is 0 Å². The molecule has 2 aromatic rings. The van der Waals surface area contributed by atoms with Gasteiger partial charge in [-0.2, -0.15) is 0 Å². The van der Waals surface area contributed by atoms with Crippen molar-refractivity contribution in [2.75, 3.05) is 10.2 Å². The number of carboxylic acids is 1. The number of carbonyl (C=O) groups excluding carboxylic acids is 3. The van der Waals surface area contributed by atoms with Crippen LogP contribution in [-0.2, 0) is 19.2 Å². The number of carbonyl (C=O) groups is 4. The molecule has 1 unspecified atom stereocenters. The molecule has 1 atom stereocenters. The molecule has 154 valence electrons. The molecule has 2 N–H and O–H groups in total. The second kappa shape index (κ2) is 9.34. The molecule has 10 heteroatoms. The summed E-state index contributed by atoms with van der Waals surface area (Å²) in [5, 5.41) is 11.0. The molecule has 1 aliphatic rings. The van der Waals surface area contributed by atoms with Crippen LogP contribution in [0.3, 0.4) is 0 Å². The number of hydrogen-bond acceptors (Lipinski definition) is 5. The maximum atomic E-state index is 12.8. The number of carboxylic acid groups (broad SMARTS) is 1. The van der Waals surface area contributed by atoms with E-state index in [0.29, 0.717) is 15.6 Å². The van der Waals surface area contributed by atoms with E-state index in [1.165, 1.54) is 23.9 Å². The van der Waals surface area contributed by atoms with E-state index in [9.17, 15) is 19.2 Å². The molecule has 0 aliphatic carbocycles. The fraction of sp³-hybridized carbons (Fsp3) is 0.100. The molecule has 0 bridgehead atoms. The Morgan fingerprint density at radius 2 is 1.90 bits per heavy atom. The number of aliphatic carboxylic acids is 1. The van der Waals surface area contributed by atoms with Crippen molar-refractivity contribution in [1.29, 1.82) is 0 Å². The summed E-state index contributed by atoms with van der Waals surface area (Å²) in [6, 6.07) is 11.2. The zero-order chi connectivity index (χ0) is 21.8. The van der Waals surface area contributed by atoms with Crippen LogP contribution in [0.15, 0.2) is 59.5 Å². The van der Waals surface area contributed by atoms with Crippen LogP contribution in [0.5, 0.6) is 0 Å². The molecular formula is C20H14Cl2N2O5S. The van der Waals surface area contributed by atoms with Crippen LogP contribution in [0.25, 0.3) is 0 Å². The van der Waals surface area contributed by atoms with Crippen LogP contribution >= 0.6 is 35.0 Å². The normalized spacial score (nSPS) is 16.3. The van der Waals surface area contributed by atoms with Gasteiger partial charge in [-0.3, -0.25) is 14.4 Å². The first-order valence-electron chi connectivity index (χ1n) is 8.55.